The lowest BCUT2D eigenvalue weighted by Crippen LogP contribution is -2.56. The molecule has 0 unspecified atom stereocenters. The molecule has 0 spiro atoms. The summed E-state index contributed by atoms with van der Waals surface area (Å²) in [5, 5.41) is 0. The fourth-order valence-electron chi connectivity index (χ4n) is 0.685. The molecule has 0 bridgehead atoms. The molecule has 0 aliphatic heterocycles. The van der Waals surface area contributed by atoms with Crippen molar-refractivity contribution in [1.29, 1.82) is 0 Å². The van der Waals surface area contributed by atoms with Crippen molar-refractivity contribution >= 4 is 9.28 Å². The van der Waals surface area contributed by atoms with Crippen LogP contribution in [0.3, 0.4) is 0 Å². The summed E-state index contributed by atoms with van der Waals surface area (Å²) in [7, 11) is 1.03. The van der Waals surface area contributed by atoms with E-state index in [-0.39, 0.29) is 0 Å². The van der Waals surface area contributed by atoms with Gasteiger partial charge in [-0.05, 0) is 20.1 Å². The van der Waals surface area contributed by atoms with Crippen molar-refractivity contribution in [2.45, 2.75) is 13.8 Å². The summed E-state index contributed by atoms with van der Waals surface area (Å²) >= 11 is 0. The van der Waals surface area contributed by atoms with Gasteiger partial charge in [-0.2, -0.15) is 0 Å². The lowest BCUT2D eigenvalue weighted by atomic mass is 10.8. The van der Waals surface area contributed by atoms with Crippen LogP contribution < -0.4 is 14.9 Å². The molecular formula is C5H17N3Si. The maximum atomic E-state index is 3.35. The average Bonchev–Trinajstić information content (AvgIpc) is 1.88. The van der Waals surface area contributed by atoms with Crippen molar-refractivity contribution < 1.29 is 0 Å². The van der Waals surface area contributed by atoms with E-state index in [4.69, 9.17) is 0 Å². The minimum absolute atomic E-state index is 0.963. The van der Waals surface area contributed by atoms with E-state index >= 15 is 0 Å². The normalized spacial score (nSPS) is 10.7. The fourth-order valence-corrected chi connectivity index (χ4v) is 2.05. The van der Waals surface area contributed by atoms with Gasteiger partial charge >= 0.3 is 0 Å². The lowest BCUT2D eigenvalue weighted by molar-refractivity contribution is 0.853. The van der Waals surface area contributed by atoms with Crippen molar-refractivity contribution in [1.82, 2.24) is 14.9 Å². The zero-order chi connectivity index (χ0) is 7.11. The first-order valence-electron chi connectivity index (χ1n) is 3.49. The molecule has 0 aliphatic carbocycles. The lowest BCUT2D eigenvalue weighted by Gasteiger charge is -2.13. The van der Waals surface area contributed by atoms with Gasteiger partial charge in [-0.15, -0.1) is 0 Å². The predicted octanol–water partition coefficient (Wildman–Crippen LogP) is -0.858. The third-order valence-corrected chi connectivity index (χ3v) is 3.32. The number of hydrogen-bond donors (Lipinski definition) is 3. The van der Waals surface area contributed by atoms with Crippen molar-refractivity contribution in [2.75, 3.05) is 20.1 Å². The minimum atomic E-state index is -0.963. The van der Waals surface area contributed by atoms with Crippen LogP contribution in [0.25, 0.3) is 0 Å². The smallest absolute Gasteiger partial charge is 0.264 e. The van der Waals surface area contributed by atoms with Gasteiger partial charge < -0.3 is 14.9 Å². The van der Waals surface area contributed by atoms with E-state index in [0.29, 0.717) is 0 Å². The second kappa shape index (κ2) is 6.22. The van der Waals surface area contributed by atoms with Crippen molar-refractivity contribution in [3.05, 3.63) is 0 Å². The molecule has 9 heavy (non-hydrogen) atoms. The fraction of sp³-hybridized carbons (Fsp3) is 1.00. The molecule has 3 N–H and O–H groups in total. The first-order chi connectivity index (χ1) is 4.35. The van der Waals surface area contributed by atoms with Gasteiger partial charge in [-0.25, -0.2) is 0 Å². The second-order valence-electron chi connectivity index (χ2n) is 1.84. The van der Waals surface area contributed by atoms with Gasteiger partial charge in [0.05, 0.1) is 0 Å². The highest BCUT2D eigenvalue weighted by atomic mass is 28.3. The van der Waals surface area contributed by atoms with Gasteiger partial charge in [-0.3, -0.25) is 0 Å². The van der Waals surface area contributed by atoms with Crippen LogP contribution in [0.2, 0.25) is 0 Å². The summed E-state index contributed by atoms with van der Waals surface area (Å²) in [5.74, 6) is 0. The number of nitrogens with one attached hydrogen (secondary N) is 3. The molecule has 56 valence electrons. The third-order valence-electron chi connectivity index (χ3n) is 1.11. The molecule has 0 aromatic rings. The number of hydrogen-bond acceptors (Lipinski definition) is 3. The molecule has 0 radical (unpaired) electrons. The van der Waals surface area contributed by atoms with E-state index in [0.717, 1.165) is 13.1 Å². The van der Waals surface area contributed by atoms with Crippen molar-refractivity contribution in [3.63, 3.8) is 0 Å². The Balaban J connectivity index is 3.18. The summed E-state index contributed by atoms with van der Waals surface area (Å²) in [6.07, 6.45) is 0. The van der Waals surface area contributed by atoms with Crippen molar-refractivity contribution in [3.8, 4) is 0 Å². The van der Waals surface area contributed by atoms with Crippen LogP contribution >= 0.6 is 0 Å². The Morgan fingerprint density at radius 2 is 1.56 bits per heavy atom. The molecule has 4 heteroatoms. The summed E-state index contributed by atoms with van der Waals surface area (Å²) in [4.78, 5) is 9.92. The van der Waals surface area contributed by atoms with Gasteiger partial charge in [0.2, 0.25) is 0 Å². The zero-order valence-corrected chi connectivity index (χ0v) is 7.65. The molecule has 0 fully saturated rings. The molecule has 0 rings (SSSR count). The molecule has 0 atom stereocenters. The monoisotopic (exact) mass is 147 g/mol. The van der Waals surface area contributed by atoms with Crippen LogP contribution in [0, 0.1) is 0 Å². The average molecular weight is 147 g/mol. The molecule has 0 saturated heterocycles. The Labute approximate surface area is 59.1 Å². The maximum absolute atomic E-state index is 3.35. The summed E-state index contributed by atoms with van der Waals surface area (Å²) in [6, 6.07) is 0. The number of rotatable bonds is 5. The maximum Gasteiger partial charge on any atom is 0.264 e. The van der Waals surface area contributed by atoms with Crippen LogP contribution in [0.4, 0.5) is 0 Å². The van der Waals surface area contributed by atoms with Crippen LogP contribution in [-0.4, -0.2) is 29.4 Å². The molecule has 0 aliphatic rings. The molecule has 0 heterocycles. The molecule has 0 aromatic heterocycles. The highest BCUT2D eigenvalue weighted by molar-refractivity contribution is 6.50. The van der Waals surface area contributed by atoms with Gasteiger partial charge in [-0.1, -0.05) is 13.8 Å². The van der Waals surface area contributed by atoms with E-state index in [2.05, 4.69) is 28.8 Å². The highest BCUT2D eigenvalue weighted by Crippen LogP contribution is 1.61. The Bertz CT molecular complexity index is 54.2. The SMILES string of the molecule is CCN[SiH](NC)NCC. The van der Waals surface area contributed by atoms with Crippen LogP contribution in [-0.2, 0) is 0 Å². The van der Waals surface area contributed by atoms with Gasteiger partial charge in [0, 0.05) is 0 Å². The summed E-state index contributed by atoms with van der Waals surface area (Å²) in [5.41, 5.74) is 0. The van der Waals surface area contributed by atoms with E-state index < -0.39 is 9.28 Å². The van der Waals surface area contributed by atoms with Crippen LogP contribution in [0.15, 0.2) is 0 Å². The zero-order valence-electron chi connectivity index (χ0n) is 6.49. The van der Waals surface area contributed by atoms with E-state index in [9.17, 15) is 0 Å². The topological polar surface area (TPSA) is 36.1 Å². The minimum Gasteiger partial charge on any atom is -0.319 e. The highest BCUT2D eigenvalue weighted by Gasteiger charge is 2.01. The van der Waals surface area contributed by atoms with Gasteiger partial charge in [0.25, 0.3) is 9.28 Å². The van der Waals surface area contributed by atoms with E-state index in [1.54, 1.807) is 0 Å². The molecule has 0 amide bonds. The summed E-state index contributed by atoms with van der Waals surface area (Å²) in [6.45, 7) is 6.33. The van der Waals surface area contributed by atoms with Gasteiger partial charge in [0.1, 0.15) is 0 Å². The first kappa shape index (κ1) is 9.10. The third kappa shape index (κ3) is 4.59. The molecule has 3 nitrogen and oxygen atoms in total. The Hall–Kier alpha value is 0.0969. The first-order valence-corrected chi connectivity index (χ1v) is 5.22. The Morgan fingerprint density at radius 1 is 1.11 bits per heavy atom. The molecular weight excluding hydrogens is 130 g/mol. The Morgan fingerprint density at radius 3 is 1.78 bits per heavy atom. The van der Waals surface area contributed by atoms with Crippen LogP contribution in [0.1, 0.15) is 13.8 Å². The second-order valence-corrected chi connectivity index (χ2v) is 4.10. The largest absolute Gasteiger partial charge is 0.319 e. The standard InChI is InChI=1S/C5H17N3Si/c1-4-7-9(6-3)8-5-2/h6-9H,4-5H2,1-3H3. The Kier molecular flexibility index (Phi) is 6.29. The molecule has 0 saturated carbocycles. The summed E-state index contributed by atoms with van der Waals surface area (Å²) < 4.78 is 0. The van der Waals surface area contributed by atoms with Gasteiger partial charge in [0.15, 0.2) is 0 Å². The van der Waals surface area contributed by atoms with Crippen molar-refractivity contribution in [2.24, 2.45) is 0 Å². The van der Waals surface area contributed by atoms with E-state index in [1.807, 2.05) is 7.05 Å². The van der Waals surface area contributed by atoms with Crippen LogP contribution in [0.5, 0.6) is 0 Å². The molecule has 0 aromatic carbocycles. The quantitative estimate of drug-likeness (QED) is 0.443. The van der Waals surface area contributed by atoms with E-state index in [1.165, 1.54) is 0 Å². The predicted molar refractivity (Wildman–Crippen MR) is 43.6 cm³/mol.